The Bertz CT molecular complexity index is 637. The fourth-order valence-corrected chi connectivity index (χ4v) is 2.77. The number of H-pyrrole nitrogens is 1. The number of fused-ring (bicyclic) bond motifs is 1. The molecule has 0 bridgehead atoms. The summed E-state index contributed by atoms with van der Waals surface area (Å²) < 4.78 is 11.3. The lowest BCUT2D eigenvalue weighted by Crippen LogP contribution is -2.26. The Kier molecular flexibility index (Phi) is 4.34. The molecule has 0 saturated heterocycles. The zero-order chi connectivity index (χ0) is 15.5. The van der Waals surface area contributed by atoms with Crippen LogP contribution >= 0.6 is 0 Å². The number of aromatic amines is 1. The fraction of sp³-hybridized carbons (Fsp3) is 0.471. The lowest BCUT2D eigenvalue weighted by Gasteiger charge is -2.25. The average molecular weight is 301 g/mol. The number of aromatic nitrogens is 2. The average Bonchev–Trinajstić information content (AvgIpc) is 2.92. The van der Waals surface area contributed by atoms with E-state index in [4.69, 9.17) is 9.47 Å². The van der Waals surface area contributed by atoms with Crippen LogP contribution in [-0.4, -0.2) is 23.4 Å². The Hall–Kier alpha value is -2.01. The van der Waals surface area contributed by atoms with Gasteiger partial charge in [0, 0.05) is 23.8 Å². The van der Waals surface area contributed by atoms with Crippen molar-refractivity contribution < 1.29 is 9.47 Å². The van der Waals surface area contributed by atoms with E-state index in [1.165, 1.54) is 11.1 Å². The van der Waals surface area contributed by atoms with Gasteiger partial charge < -0.3 is 14.8 Å². The van der Waals surface area contributed by atoms with E-state index >= 15 is 0 Å². The Morgan fingerprint density at radius 3 is 2.68 bits per heavy atom. The third kappa shape index (κ3) is 3.09. The number of ether oxygens (including phenoxy) is 2. The van der Waals surface area contributed by atoms with Crippen LogP contribution in [0.3, 0.4) is 0 Å². The minimum absolute atomic E-state index is 0.255. The van der Waals surface area contributed by atoms with Crippen LogP contribution < -0.4 is 14.8 Å². The van der Waals surface area contributed by atoms with Gasteiger partial charge in [0.2, 0.25) is 0 Å². The summed E-state index contributed by atoms with van der Waals surface area (Å²) in [5, 5.41) is 10.7. The molecule has 1 unspecified atom stereocenters. The molecule has 1 aliphatic heterocycles. The van der Waals surface area contributed by atoms with Gasteiger partial charge in [0.25, 0.3) is 0 Å². The molecule has 1 aromatic carbocycles. The summed E-state index contributed by atoms with van der Waals surface area (Å²) in [6.45, 7) is 8.51. The molecule has 0 fully saturated rings. The smallest absolute Gasteiger partial charge is 0.161 e. The highest BCUT2D eigenvalue weighted by molar-refractivity contribution is 5.44. The first kappa shape index (κ1) is 14.9. The summed E-state index contributed by atoms with van der Waals surface area (Å²) in [6, 6.07) is 6.47. The van der Waals surface area contributed by atoms with Crippen molar-refractivity contribution in [3.05, 3.63) is 41.2 Å². The van der Waals surface area contributed by atoms with Gasteiger partial charge in [-0.05, 0) is 30.5 Å². The van der Waals surface area contributed by atoms with E-state index in [2.05, 4.69) is 41.5 Å². The van der Waals surface area contributed by atoms with E-state index < -0.39 is 0 Å². The molecule has 1 aromatic heterocycles. The van der Waals surface area contributed by atoms with Crippen molar-refractivity contribution in [1.82, 2.24) is 15.5 Å². The minimum atomic E-state index is 0.255. The van der Waals surface area contributed by atoms with Gasteiger partial charge in [-0.25, -0.2) is 0 Å². The van der Waals surface area contributed by atoms with Gasteiger partial charge >= 0.3 is 0 Å². The highest BCUT2D eigenvalue weighted by atomic mass is 16.6. The lowest BCUT2D eigenvalue weighted by atomic mass is 9.95. The number of rotatable bonds is 5. The highest BCUT2D eigenvalue weighted by Crippen LogP contribution is 2.34. The molecule has 2 N–H and O–H groups in total. The summed E-state index contributed by atoms with van der Waals surface area (Å²) in [5.41, 5.74) is 3.53. The normalized spacial score (nSPS) is 15.1. The second-order valence-corrected chi connectivity index (χ2v) is 6.03. The first-order chi connectivity index (χ1) is 10.6. The summed E-state index contributed by atoms with van der Waals surface area (Å²) in [6.07, 6.45) is 1.88. The van der Waals surface area contributed by atoms with Crippen molar-refractivity contribution >= 4 is 0 Å². The molecule has 1 aliphatic rings. The molecule has 0 aliphatic carbocycles. The van der Waals surface area contributed by atoms with Crippen LogP contribution in [0, 0.1) is 12.8 Å². The second kappa shape index (κ2) is 6.40. The maximum Gasteiger partial charge on any atom is 0.161 e. The van der Waals surface area contributed by atoms with Gasteiger partial charge in [-0.1, -0.05) is 19.9 Å². The first-order valence-corrected chi connectivity index (χ1v) is 7.77. The highest BCUT2D eigenvalue weighted by Gasteiger charge is 2.19. The number of benzene rings is 1. The summed E-state index contributed by atoms with van der Waals surface area (Å²) >= 11 is 0. The fourth-order valence-electron chi connectivity index (χ4n) is 2.77. The maximum atomic E-state index is 5.70. The van der Waals surface area contributed by atoms with Gasteiger partial charge in [0.1, 0.15) is 13.2 Å². The molecule has 0 radical (unpaired) electrons. The quantitative estimate of drug-likeness (QED) is 0.891. The Morgan fingerprint density at radius 2 is 2.00 bits per heavy atom. The van der Waals surface area contributed by atoms with Gasteiger partial charge in [0.05, 0.1) is 6.20 Å². The van der Waals surface area contributed by atoms with Crippen LogP contribution in [0.4, 0.5) is 0 Å². The van der Waals surface area contributed by atoms with Gasteiger partial charge in [0.15, 0.2) is 11.5 Å². The van der Waals surface area contributed by atoms with E-state index in [-0.39, 0.29) is 6.04 Å². The Labute approximate surface area is 131 Å². The van der Waals surface area contributed by atoms with E-state index in [9.17, 15) is 0 Å². The van der Waals surface area contributed by atoms with Gasteiger partial charge in [-0.3, -0.25) is 5.10 Å². The van der Waals surface area contributed by atoms with Crippen LogP contribution in [0.1, 0.15) is 36.7 Å². The van der Waals surface area contributed by atoms with E-state index in [0.717, 1.165) is 23.7 Å². The standard InChI is InChI=1S/C17H23N3O2/c1-11(2)17(18-9-14-10-19-20-12(14)3)13-4-5-15-16(8-13)22-7-6-21-15/h4-5,8,10-11,17-18H,6-7,9H2,1-3H3,(H,19,20). The Morgan fingerprint density at radius 1 is 1.23 bits per heavy atom. The summed E-state index contributed by atoms with van der Waals surface area (Å²) in [7, 11) is 0. The van der Waals surface area contributed by atoms with Gasteiger partial charge in [-0.15, -0.1) is 0 Å². The second-order valence-electron chi connectivity index (χ2n) is 6.03. The summed E-state index contributed by atoms with van der Waals surface area (Å²) in [4.78, 5) is 0. The zero-order valence-corrected chi connectivity index (χ0v) is 13.3. The summed E-state index contributed by atoms with van der Waals surface area (Å²) in [5.74, 6) is 2.15. The van der Waals surface area contributed by atoms with Crippen molar-refractivity contribution in [1.29, 1.82) is 0 Å². The molecule has 22 heavy (non-hydrogen) atoms. The zero-order valence-electron chi connectivity index (χ0n) is 13.3. The molecule has 0 saturated carbocycles. The van der Waals surface area contributed by atoms with Crippen molar-refractivity contribution in [3.8, 4) is 11.5 Å². The molecular formula is C17H23N3O2. The predicted molar refractivity (Wildman–Crippen MR) is 85.2 cm³/mol. The molecule has 0 amide bonds. The SMILES string of the molecule is Cc1[nH]ncc1CNC(c1ccc2c(c1)OCCO2)C(C)C. The molecule has 2 aromatic rings. The number of hydrogen-bond acceptors (Lipinski definition) is 4. The number of aryl methyl sites for hydroxylation is 1. The molecule has 118 valence electrons. The van der Waals surface area contributed by atoms with Crippen LogP contribution in [-0.2, 0) is 6.54 Å². The monoisotopic (exact) mass is 301 g/mol. The lowest BCUT2D eigenvalue weighted by molar-refractivity contribution is 0.171. The number of hydrogen-bond donors (Lipinski definition) is 2. The van der Waals surface area contributed by atoms with Crippen molar-refractivity contribution in [3.63, 3.8) is 0 Å². The predicted octanol–water partition coefficient (Wildman–Crippen LogP) is 2.98. The van der Waals surface area contributed by atoms with Crippen LogP contribution in [0.15, 0.2) is 24.4 Å². The third-order valence-electron chi connectivity index (χ3n) is 4.04. The Balaban J connectivity index is 1.77. The van der Waals surface area contributed by atoms with Crippen molar-refractivity contribution in [2.24, 2.45) is 5.92 Å². The molecule has 1 atom stereocenters. The molecule has 0 spiro atoms. The van der Waals surface area contributed by atoms with Gasteiger partial charge in [-0.2, -0.15) is 5.10 Å². The van der Waals surface area contributed by atoms with E-state index in [0.29, 0.717) is 19.1 Å². The largest absolute Gasteiger partial charge is 0.486 e. The first-order valence-electron chi connectivity index (χ1n) is 7.77. The number of nitrogens with zero attached hydrogens (tertiary/aromatic N) is 1. The van der Waals surface area contributed by atoms with Crippen LogP contribution in [0.25, 0.3) is 0 Å². The maximum absolute atomic E-state index is 5.70. The van der Waals surface area contributed by atoms with Crippen LogP contribution in [0.5, 0.6) is 11.5 Å². The van der Waals surface area contributed by atoms with E-state index in [1.54, 1.807) is 0 Å². The minimum Gasteiger partial charge on any atom is -0.486 e. The third-order valence-corrected chi connectivity index (χ3v) is 4.04. The molecule has 2 heterocycles. The molecule has 5 nitrogen and oxygen atoms in total. The molecular weight excluding hydrogens is 278 g/mol. The topological polar surface area (TPSA) is 59.2 Å². The van der Waals surface area contributed by atoms with Crippen LogP contribution in [0.2, 0.25) is 0 Å². The molecule has 5 heteroatoms. The molecule has 3 rings (SSSR count). The van der Waals surface area contributed by atoms with Crippen molar-refractivity contribution in [2.45, 2.75) is 33.4 Å². The van der Waals surface area contributed by atoms with Crippen molar-refractivity contribution in [2.75, 3.05) is 13.2 Å². The number of nitrogens with one attached hydrogen (secondary N) is 2. The van der Waals surface area contributed by atoms with E-state index in [1.807, 2.05) is 19.2 Å².